The second kappa shape index (κ2) is 6.87. The number of nitrogens with zero attached hydrogens (tertiary/aromatic N) is 1. The number of rotatable bonds is 5. The molecule has 0 saturated heterocycles. The summed E-state index contributed by atoms with van der Waals surface area (Å²) in [5, 5.41) is 0. The van der Waals surface area contributed by atoms with Gasteiger partial charge in [0.2, 0.25) is 0 Å². The van der Waals surface area contributed by atoms with Gasteiger partial charge in [0.1, 0.15) is 16.4 Å². The molecular weight excluding hydrogens is 322 g/mol. The monoisotopic (exact) mass is 333 g/mol. The number of para-hydroxylation sites is 1. The maximum Gasteiger partial charge on any atom is 0.339 e. The van der Waals surface area contributed by atoms with Gasteiger partial charge in [-0.3, -0.25) is 0 Å². The Labute approximate surface area is 132 Å². The first-order valence-corrected chi connectivity index (χ1v) is 7.71. The van der Waals surface area contributed by atoms with Gasteiger partial charge in [0.25, 0.3) is 16.1 Å². The largest absolute Gasteiger partial charge is 0.465 e. The number of benzene rings is 2. The molecule has 0 unspecified atom stereocenters. The van der Waals surface area contributed by atoms with E-state index in [0.717, 1.165) is 19.3 Å². The van der Waals surface area contributed by atoms with E-state index in [-0.39, 0.29) is 11.3 Å². The Morgan fingerprint density at radius 1 is 1.09 bits per heavy atom. The molecule has 0 radical (unpaired) electrons. The quantitative estimate of drug-likeness (QED) is 0.473. The number of esters is 1. The molecular formula is C15H11NO6S. The molecule has 0 amide bonds. The van der Waals surface area contributed by atoms with Gasteiger partial charge in [-0.2, -0.15) is 8.42 Å². The highest BCUT2D eigenvalue weighted by Gasteiger charge is 2.23. The van der Waals surface area contributed by atoms with Gasteiger partial charge in [0.15, 0.2) is 0 Å². The SMILES string of the molecule is COC(=O)c1cc(Oc2ccccc2)ccc1S(=O)(=O)N=C=O. The number of hydrogen-bond acceptors (Lipinski definition) is 6. The molecule has 23 heavy (non-hydrogen) atoms. The van der Waals surface area contributed by atoms with Gasteiger partial charge in [-0.05, 0) is 30.3 Å². The fraction of sp³-hybridized carbons (Fsp3) is 0.0667. The molecule has 118 valence electrons. The van der Waals surface area contributed by atoms with Gasteiger partial charge in [0, 0.05) is 0 Å². The highest BCUT2D eigenvalue weighted by Crippen LogP contribution is 2.27. The Kier molecular flexibility index (Phi) is 4.90. The van der Waals surface area contributed by atoms with Crippen LogP contribution in [0.5, 0.6) is 11.5 Å². The minimum Gasteiger partial charge on any atom is -0.465 e. The van der Waals surface area contributed by atoms with Crippen LogP contribution >= 0.6 is 0 Å². The summed E-state index contributed by atoms with van der Waals surface area (Å²) in [4.78, 5) is 21.6. The van der Waals surface area contributed by atoms with E-state index in [0.29, 0.717) is 5.75 Å². The summed E-state index contributed by atoms with van der Waals surface area (Å²) >= 11 is 0. The van der Waals surface area contributed by atoms with Crippen LogP contribution in [-0.4, -0.2) is 27.6 Å². The van der Waals surface area contributed by atoms with Crippen LogP contribution in [0.2, 0.25) is 0 Å². The van der Waals surface area contributed by atoms with Crippen molar-refractivity contribution >= 4 is 22.1 Å². The summed E-state index contributed by atoms with van der Waals surface area (Å²) in [5.74, 6) is -0.168. The van der Waals surface area contributed by atoms with Crippen LogP contribution in [-0.2, 0) is 19.6 Å². The van der Waals surface area contributed by atoms with Crippen molar-refractivity contribution in [2.75, 3.05) is 7.11 Å². The van der Waals surface area contributed by atoms with Gasteiger partial charge in [0.05, 0.1) is 12.7 Å². The average Bonchev–Trinajstić information content (AvgIpc) is 2.54. The summed E-state index contributed by atoms with van der Waals surface area (Å²) in [6, 6.07) is 12.4. The predicted octanol–water partition coefficient (Wildman–Crippen LogP) is 2.29. The fourth-order valence-electron chi connectivity index (χ4n) is 1.79. The normalized spacial score (nSPS) is 10.5. The molecule has 0 N–H and O–H groups in total. The van der Waals surface area contributed by atoms with E-state index in [1.165, 1.54) is 12.1 Å². The zero-order valence-electron chi connectivity index (χ0n) is 11.9. The van der Waals surface area contributed by atoms with Crippen molar-refractivity contribution < 1.29 is 27.5 Å². The maximum absolute atomic E-state index is 11.9. The van der Waals surface area contributed by atoms with Gasteiger partial charge in [-0.25, -0.2) is 9.59 Å². The Bertz CT molecular complexity index is 870. The lowest BCUT2D eigenvalue weighted by atomic mass is 10.2. The first-order valence-electron chi connectivity index (χ1n) is 6.27. The molecule has 0 aliphatic carbocycles. The molecule has 8 heteroatoms. The van der Waals surface area contributed by atoms with Crippen LogP contribution in [0, 0.1) is 0 Å². The van der Waals surface area contributed by atoms with E-state index < -0.39 is 20.9 Å². The van der Waals surface area contributed by atoms with E-state index in [2.05, 4.69) is 9.13 Å². The molecule has 0 heterocycles. The Balaban J connectivity index is 2.51. The molecule has 7 nitrogen and oxygen atoms in total. The van der Waals surface area contributed by atoms with Crippen molar-refractivity contribution in [3.05, 3.63) is 54.1 Å². The van der Waals surface area contributed by atoms with E-state index in [9.17, 15) is 18.0 Å². The Hall–Kier alpha value is -2.96. The van der Waals surface area contributed by atoms with Crippen molar-refractivity contribution in [2.24, 2.45) is 4.40 Å². The van der Waals surface area contributed by atoms with Gasteiger partial charge in [-0.15, -0.1) is 0 Å². The van der Waals surface area contributed by atoms with Crippen LogP contribution in [0.1, 0.15) is 10.4 Å². The predicted molar refractivity (Wildman–Crippen MR) is 79.6 cm³/mol. The van der Waals surface area contributed by atoms with Gasteiger partial charge < -0.3 is 9.47 Å². The zero-order chi connectivity index (χ0) is 16.9. The molecule has 2 rings (SSSR count). The number of carbonyl (C=O) groups excluding carboxylic acids is 2. The van der Waals surface area contributed by atoms with Gasteiger partial charge in [-0.1, -0.05) is 22.6 Å². The molecule has 0 aliphatic rings. The maximum atomic E-state index is 11.9. The third kappa shape index (κ3) is 3.82. The van der Waals surface area contributed by atoms with E-state index in [4.69, 9.17) is 4.74 Å². The minimum absolute atomic E-state index is 0.227. The number of isocyanates is 1. The highest BCUT2D eigenvalue weighted by molar-refractivity contribution is 7.90. The van der Waals surface area contributed by atoms with Crippen LogP contribution in [0.15, 0.2) is 57.8 Å². The lowest BCUT2D eigenvalue weighted by Crippen LogP contribution is -2.09. The van der Waals surface area contributed by atoms with E-state index >= 15 is 0 Å². The standard InChI is InChI=1S/C15H11NO6S/c1-21-15(18)13-9-12(22-11-5-3-2-4-6-11)7-8-14(13)23(19,20)16-10-17/h2-9H,1H3. The van der Waals surface area contributed by atoms with Crippen LogP contribution < -0.4 is 4.74 Å². The molecule has 0 aliphatic heterocycles. The number of methoxy groups -OCH3 is 1. The molecule has 0 aromatic heterocycles. The topological polar surface area (TPSA) is 99.1 Å². The van der Waals surface area contributed by atoms with Gasteiger partial charge >= 0.3 is 5.97 Å². The summed E-state index contributed by atoms with van der Waals surface area (Å²) in [6.07, 6.45) is 0.949. The molecule has 0 bridgehead atoms. The number of ether oxygens (including phenoxy) is 2. The zero-order valence-corrected chi connectivity index (χ0v) is 12.7. The summed E-state index contributed by atoms with van der Waals surface area (Å²) in [6.45, 7) is 0. The molecule has 0 atom stereocenters. The third-order valence-corrected chi connectivity index (χ3v) is 4.00. The third-order valence-electron chi connectivity index (χ3n) is 2.77. The van der Waals surface area contributed by atoms with Crippen molar-refractivity contribution in [1.29, 1.82) is 0 Å². The van der Waals surface area contributed by atoms with Crippen molar-refractivity contribution in [3.63, 3.8) is 0 Å². The van der Waals surface area contributed by atoms with Crippen LogP contribution in [0.25, 0.3) is 0 Å². The van der Waals surface area contributed by atoms with Crippen molar-refractivity contribution in [1.82, 2.24) is 0 Å². The molecule has 0 saturated carbocycles. The number of carbonyl (C=O) groups is 1. The second-order valence-corrected chi connectivity index (χ2v) is 5.79. The summed E-state index contributed by atoms with van der Waals surface area (Å²) in [5.41, 5.74) is -0.292. The van der Waals surface area contributed by atoms with Crippen LogP contribution in [0.3, 0.4) is 0 Å². The van der Waals surface area contributed by atoms with Crippen LogP contribution in [0.4, 0.5) is 0 Å². The first-order chi connectivity index (χ1) is 11.0. The average molecular weight is 333 g/mol. The Morgan fingerprint density at radius 2 is 1.78 bits per heavy atom. The molecule has 2 aromatic carbocycles. The fourth-order valence-corrected chi connectivity index (χ4v) is 2.65. The molecule has 0 spiro atoms. The smallest absolute Gasteiger partial charge is 0.339 e. The summed E-state index contributed by atoms with van der Waals surface area (Å²) in [7, 11) is -3.24. The van der Waals surface area contributed by atoms with Crippen molar-refractivity contribution in [2.45, 2.75) is 4.90 Å². The molecule has 0 fully saturated rings. The number of sulfonamides is 1. The number of hydrogen-bond donors (Lipinski definition) is 0. The van der Waals surface area contributed by atoms with Crippen molar-refractivity contribution in [3.8, 4) is 11.5 Å². The van der Waals surface area contributed by atoms with E-state index in [1.54, 1.807) is 30.3 Å². The lowest BCUT2D eigenvalue weighted by Gasteiger charge is -2.09. The highest BCUT2D eigenvalue weighted by atomic mass is 32.2. The Morgan fingerprint density at radius 3 is 2.39 bits per heavy atom. The van der Waals surface area contributed by atoms with E-state index in [1.807, 2.05) is 0 Å². The second-order valence-electron chi connectivity index (χ2n) is 4.22. The molecule has 2 aromatic rings. The first kappa shape index (κ1) is 16.4. The minimum atomic E-state index is -4.34. The lowest BCUT2D eigenvalue weighted by molar-refractivity contribution is 0.0596. The summed E-state index contributed by atoms with van der Waals surface area (Å²) < 4.78 is 36.6.